The molecule has 28 heavy (non-hydrogen) atoms. The van der Waals surface area contributed by atoms with Gasteiger partial charge in [-0.25, -0.2) is 0 Å². The summed E-state index contributed by atoms with van der Waals surface area (Å²) in [5.41, 5.74) is 0.864. The summed E-state index contributed by atoms with van der Waals surface area (Å²) < 4.78 is 5.21. The predicted molar refractivity (Wildman–Crippen MR) is 123 cm³/mol. The lowest BCUT2D eigenvalue weighted by Gasteiger charge is -2.23. The number of hydrogen-bond acceptors (Lipinski definition) is 4. The third-order valence-electron chi connectivity index (χ3n) is 5.50. The number of guanidine groups is 1. The van der Waals surface area contributed by atoms with Crippen LogP contribution in [0.15, 0.2) is 21.7 Å². The van der Waals surface area contributed by atoms with Crippen molar-refractivity contribution in [2.24, 2.45) is 10.9 Å². The highest BCUT2D eigenvalue weighted by atomic mass is 127. The molecule has 8 heteroatoms. The number of aryl methyl sites for hydroxylation is 1. The average Bonchev–Trinajstić information content (AvgIpc) is 3.41. The van der Waals surface area contributed by atoms with Gasteiger partial charge in [0, 0.05) is 45.3 Å². The lowest BCUT2D eigenvalue weighted by molar-refractivity contribution is 0.0925. The van der Waals surface area contributed by atoms with Gasteiger partial charge in [-0.05, 0) is 57.7 Å². The van der Waals surface area contributed by atoms with Crippen LogP contribution in [-0.2, 0) is 0 Å². The molecule has 2 fully saturated rings. The Morgan fingerprint density at radius 1 is 1.25 bits per heavy atom. The molecule has 2 aliphatic rings. The van der Waals surface area contributed by atoms with Crippen LogP contribution in [0.1, 0.15) is 41.8 Å². The van der Waals surface area contributed by atoms with E-state index in [2.05, 4.69) is 25.4 Å². The molecule has 158 valence electrons. The molecule has 1 amide bonds. The number of likely N-dealkylation sites (tertiary alicyclic amines) is 2. The van der Waals surface area contributed by atoms with Crippen molar-refractivity contribution in [3.63, 3.8) is 0 Å². The van der Waals surface area contributed by atoms with Crippen LogP contribution in [0.5, 0.6) is 0 Å². The molecule has 0 spiro atoms. The van der Waals surface area contributed by atoms with Gasteiger partial charge in [-0.1, -0.05) is 0 Å². The number of aliphatic imine (C=N–C) groups is 1. The van der Waals surface area contributed by atoms with Gasteiger partial charge >= 0.3 is 0 Å². The van der Waals surface area contributed by atoms with E-state index in [-0.39, 0.29) is 29.9 Å². The smallest absolute Gasteiger partial charge is 0.287 e. The van der Waals surface area contributed by atoms with Gasteiger partial charge in [0.1, 0.15) is 0 Å². The van der Waals surface area contributed by atoms with Crippen molar-refractivity contribution in [1.82, 2.24) is 20.4 Å². The number of nitrogens with one attached hydrogen (secondary N) is 2. The Labute approximate surface area is 185 Å². The minimum Gasteiger partial charge on any atom is -0.459 e. The zero-order valence-corrected chi connectivity index (χ0v) is 19.4. The maximum absolute atomic E-state index is 12.0. The van der Waals surface area contributed by atoms with Crippen LogP contribution in [0, 0.1) is 12.8 Å². The number of furan rings is 1. The van der Waals surface area contributed by atoms with Crippen molar-refractivity contribution in [2.75, 3.05) is 52.9 Å². The highest BCUT2D eigenvalue weighted by Crippen LogP contribution is 2.19. The summed E-state index contributed by atoms with van der Waals surface area (Å²) in [6.07, 6.45) is 6.35. The minimum atomic E-state index is -0.147. The standard InChI is InChI=1S/C20H33N5O2.HI/c1-16-7-13-27-18(16)19(26)22-8-5-9-23-20(21-2)25-12-6-17(15-25)14-24-10-3-4-11-24;/h7,13,17H,3-6,8-12,14-15H2,1-2H3,(H,21,23)(H,22,26);1H. The van der Waals surface area contributed by atoms with E-state index in [0.717, 1.165) is 43.5 Å². The normalized spacial score (nSPS) is 20.3. The molecule has 0 aromatic carbocycles. The molecule has 0 aliphatic carbocycles. The van der Waals surface area contributed by atoms with Crippen molar-refractivity contribution in [3.05, 3.63) is 23.7 Å². The van der Waals surface area contributed by atoms with E-state index >= 15 is 0 Å². The van der Waals surface area contributed by atoms with E-state index in [1.165, 1.54) is 38.9 Å². The maximum atomic E-state index is 12.0. The quantitative estimate of drug-likeness (QED) is 0.259. The fourth-order valence-corrected chi connectivity index (χ4v) is 4.01. The Hall–Kier alpha value is -1.29. The molecular weight excluding hydrogens is 469 g/mol. The van der Waals surface area contributed by atoms with Crippen LogP contribution in [-0.4, -0.2) is 74.5 Å². The SMILES string of the molecule is CN=C(NCCCNC(=O)c1occc1C)N1CCC(CN2CCCC2)C1.I. The van der Waals surface area contributed by atoms with Crippen molar-refractivity contribution in [3.8, 4) is 0 Å². The molecule has 1 aromatic rings. The zero-order chi connectivity index (χ0) is 19.1. The highest BCUT2D eigenvalue weighted by molar-refractivity contribution is 14.0. The monoisotopic (exact) mass is 503 g/mol. The van der Waals surface area contributed by atoms with E-state index in [4.69, 9.17) is 4.42 Å². The summed E-state index contributed by atoms with van der Waals surface area (Å²) in [6, 6.07) is 1.80. The summed E-state index contributed by atoms with van der Waals surface area (Å²) in [7, 11) is 1.84. The van der Waals surface area contributed by atoms with Crippen LogP contribution in [0.3, 0.4) is 0 Å². The number of rotatable bonds is 7. The highest BCUT2D eigenvalue weighted by Gasteiger charge is 2.27. The molecule has 3 heterocycles. The van der Waals surface area contributed by atoms with Crippen molar-refractivity contribution >= 4 is 35.8 Å². The lowest BCUT2D eigenvalue weighted by atomic mass is 10.1. The first-order valence-corrected chi connectivity index (χ1v) is 10.2. The van der Waals surface area contributed by atoms with Gasteiger partial charge in [-0.3, -0.25) is 9.79 Å². The van der Waals surface area contributed by atoms with Crippen LogP contribution in [0.4, 0.5) is 0 Å². The van der Waals surface area contributed by atoms with E-state index in [9.17, 15) is 4.79 Å². The molecule has 7 nitrogen and oxygen atoms in total. The van der Waals surface area contributed by atoms with Crippen LogP contribution < -0.4 is 10.6 Å². The van der Waals surface area contributed by atoms with Crippen LogP contribution in [0.2, 0.25) is 0 Å². The van der Waals surface area contributed by atoms with Crippen molar-refractivity contribution in [2.45, 2.75) is 32.6 Å². The summed E-state index contributed by atoms with van der Waals surface area (Å²) in [6.45, 7) is 9.21. The van der Waals surface area contributed by atoms with Gasteiger partial charge in [0.2, 0.25) is 0 Å². The number of nitrogens with zero attached hydrogens (tertiary/aromatic N) is 3. The summed E-state index contributed by atoms with van der Waals surface area (Å²) in [5, 5.41) is 6.34. The fourth-order valence-electron chi connectivity index (χ4n) is 4.01. The topological polar surface area (TPSA) is 73.1 Å². The van der Waals surface area contributed by atoms with Gasteiger partial charge in [-0.2, -0.15) is 0 Å². The van der Waals surface area contributed by atoms with Gasteiger partial charge in [0.05, 0.1) is 6.26 Å². The number of amides is 1. The number of carbonyl (C=O) groups is 1. The van der Waals surface area contributed by atoms with Crippen molar-refractivity contribution in [1.29, 1.82) is 0 Å². The van der Waals surface area contributed by atoms with Gasteiger partial charge in [0.15, 0.2) is 11.7 Å². The van der Waals surface area contributed by atoms with Crippen LogP contribution >= 0.6 is 24.0 Å². The first-order chi connectivity index (χ1) is 13.2. The number of halogens is 1. The van der Waals surface area contributed by atoms with Gasteiger partial charge < -0.3 is 24.9 Å². The largest absolute Gasteiger partial charge is 0.459 e. The van der Waals surface area contributed by atoms with Crippen molar-refractivity contribution < 1.29 is 9.21 Å². The molecule has 2 aliphatic heterocycles. The summed E-state index contributed by atoms with van der Waals surface area (Å²) >= 11 is 0. The molecular formula is C20H34IN5O2. The summed E-state index contributed by atoms with van der Waals surface area (Å²) in [5.74, 6) is 1.98. The van der Waals surface area contributed by atoms with Gasteiger partial charge in [-0.15, -0.1) is 24.0 Å². The molecule has 1 aromatic heterocycles. The lowest BCUT2D eigenvalue weighted by Crippen LogP contribution is -2.41. The molecule has 1 atom stereocenters. The second kappa shape index (κ2) is 11.6. The minimum absolute atomic E-state index is 0. The van der Waals surface area contributed by atoms with Crippen LogP contribution in [0.25, 0.3) is 0 Å². The molecule has 0 radical (unpaired) electrons. The maximum Gasteiger partial charge on any atom is 0.287 e. The Bertz CT molecular complexity index is 642. The van der Waals surface area contributed by atoms with E-state index in [1.54, 1.807) is 12.3 Å². The Morgan fingerprint density at radius 2 is 2.00 bits per heavy atom. The Kier molecular flexibility index (Phi) is 9.57. The first-order valence-electron chi connectivity index (χ1n) is 10.2. The molecule has 0 saturated carbocycles. The molecule has 0 bridgehead atoms. The Morgan fingerprint density at radius 3 is 2.68 bits per heavy atom. The molecule has 2 N–H and O–H groups in total. The molecule has 1 unspecified atom stereocenters. The second-order valence-corrected chi connectivity index (χ2v) is 7.62. The molecule has 3 rings (SSSR count). The Balaban J connectivity index is 0.00000280. The van der Waals surface area contributed by atoms with Gasteiger partial charge in [0.25, 0.3) is 5.91 Å². The predicted octanol–water partition coefficient (Wildman–Crippen LogP) is 2.32. The number of carbonyl (C=O) groups excluding carboxylic acids is 1. The third-order valence-corrected chi connectivity index (χ3v) is 5.50. The summed E-state index contributed by atoms with van der Waals surface area (Å²) in [4.78, 5) is 21.4. The third kappa shape index (κ3) is 6.37. The average molecular weight is 503 g/mol. The second-order valence-electron chi connectivity index (χ2n) is 7.62. The number of hydrogen-bond donors (Lipinski definition) is 2. The molecule has 2 saturated heterocycles. The van der Waals surface area contributed by atoms with E-state index < -0.39 is 0 Å². The fraction of sp³-hybridized carbons (Fsp3) is 0.700. The first kappa shape index (κ1) is 23.0. The van der Waals surface area contributed by atoms with E-state index in [0.29, 0.717) is 12.3 Å². The zero-order valence-electron chi connectivity index (χ0n) is 17.1. The van der Waals surface area contributed by atoms with E-state index in [1.807, 2.05) is 14.0 Å².